The molecule has 0 aliphatic rings. The molecule has 5 nitrogen and oxygen atoms in total. The third-order valence-electron chi connectivity index (χ3n) is 2.76. The van der Waals surface area contributed by atoms with Crippen LogP contribution in [0.2, 0.25) is 0 Å². The zero-order valence-corrected chi connectivity index (χ0v) is 11.2. The van der Waals surface area contributed by atoms with Crippen molar-refractivity contribution < 1.29 is 9.59 Å². The SMILES string of the molecule is CC(=O)Nc1cccc(-n2cc(C(C)=O)ccc2=O)c1. The van der Waals surface area contributed by atoms with Gasteiger partial charge in [-0.1, -0.05) is 6.07 Å². The molecule has 0 saturated carbocycles. The van der Waals surface area contributed by atoms with Gasteiger partial charge in [0.2, 0.25) is 5.91 Å². The molecule has 0 bridgehead atoms. The number of ketones is 1. The Balaban J connectivity index is 2.50. The van der Waals surface area contributed by atoms with E-state index in [2.05, 4.69) is 5.32 Å². The molecule has 1 heterocycles. The number of carbonyl (C=O) groups excluding carboxylic acids is 2. The van der Waals surface area contributed by atoms with Crippen molar-refractivity contribution >= 4 is 17.4 Å². The van der Waals surface area contributed by atoms with E-state index in [1.165, 1.54) is 36.7 Å². The summed E-state index contributed by atoms with van der Waals surface area (Å²) in [6.45, 7) is 2.85. The molecule has 1 N–H and O–H groups in total. The van der Waals surface area contributed by atoms with Crippen molar-refractivity contribution in [2.45, 2.75) is 13.8 Å². The van der Waals surface area contributed by atoms with E-state index in [0.29, 0.717) is 16.9 Å². The molecule has 0 atom stereocenters. The largest absolute Gasteiger partial charge is 0.326 e. The van der Waals surface area contributed by atoms with Crippen LogP contribution in [0.1, 0.15) is 24.2 Å². The highest BCUT2D eigenvalue weighted by molar-refractivity contribution is 5.93. The number of amides is 1. The average Bonchev–Trinajstić information content (AvgIpc) is 2.38. The van der Waals surface area contributed by atoms with E-state index in [1.54, 1.807) is 24.3 Å². The number of nitrogens with one attached hydrogen (secondary N) is 1. The van der Waals surface area contributed by atoms with Gasteiger partial charge in [-0.05, 0) is 31.2 Å². The smallest absolute Gasteiger partial charge is 0.255 e. The monoisotopic (exact) mass is 270 g/mol. The van der Waals surface area contributed by atoms with Gasteiger partial charge in [0, 0.05) is 30.4 Å². The fourth-order valence-electron chi connectivity index (χ4n) is 1.83. The Kier molecular flexibility index (Phi) is 3.79. The van der Waals surface area contributed by atoms with Gasteiger partial charge < -0.3 is 5.32 Å². The highest BCUT2D eigenvalue weighted by atomic mass is 16.1. The van der Waals surface area contributed by atoms with Crippen LogP contribution in [0.3, 0.4) is 0 Å². The van der Waals surface area contributed by atoms with E-state index in [1.807, 2.05) is 0 Å². The summed E-state index contributed by atoms with van der Waals surface area (Å²) in [7, 11) is 0. The zero-order chi connectivity index (χ0) is 14.7. The average molecular weight is 270 g/mol. The Morgan fingerprint density at radius 3 is 2.50 bits per heavy atom. The Bertz CT molecular complexity index is 732. The van der Waals surface area contributed by atoms with E-state index in [0.717, 1.165) is 0 Å². The van der Waals surface area contributed by atoms with E-state index in [-0.39, 0.29) is 17.2 Å². The molecule has 2 aromatic rings. The van der Waals surface area contributed by atoms with Crippen molar-refractivity contribution in [2.75, 3.05) is 5.32 Å². The first-order valence-electron chi connectivity index (χ1n) is 6.09. The van der Waals surface area contributed by atoms with Crippen molar-refractivity contribution in [3.63, 3.8) is 0 Å². The molecule has 0 saturated heterocycles. The highest BCUT2D eigenvalue weighted by Gasteiger charge is 2.05. The summed E-state index contributed by atoms with van der Waals surface area (Å²) in [4.78, 5) is 34.3. The lowest BCUT2D eigenvalue weighted by Crippen LogP contribution is -2.18. The molecule has 0 unspecified atom stereocenters. The molecule has 0 aliphatic carbocycles. The van der Waals surface area contributed by atoms with E-state index < -0.39 is 0 Å². The molecule has 20 heavy (non-hydrogen) atoms. The number of aromatic nitrogens is 1. The lowest BCUT2D eigenvalue weighted by Gasteiger charge is -2.09. The minimum Gasteiger partial charge on any atom is -0.326 e. The second-order valence-electron chi connectivity index (χ2n) is 4.41. The van der Waals surface area contributed by atoms with Gasteiger partial charge in [-0.2, -0.15) is 0 Å². The predicted octanol–water partition coefficient (Wildman–Crippen LogP) is 2.00. The van der Waals surface area contributed by atoms with Gasteiger partial charge in [-0.3, -0.25) is 19.0 Å². The summed E-state index contributed by atoms with van der Waals surface area (Å²) in [6.07, 6.45) is 1.50. The normalized spacial score (nSPS) is 10.1. The van der Waals surface area contributed by atoms with Crippen molar-refractivity contribution in [2.24, 2.45) is 0 Å². The lowest BCUT2D eigenvalue weighted by atomic mass is 10.2. The molecular weight excluding hydrogens is 256 g/mol. The third kappa shape index (κ3) is 3.00. The quantitative estimate of drug-likeness (QED) is 0.867. The molecule has 1 amide bonds. The topological polar surface area (TPSA) is 68.2 Å². The van der Waals surface area contributed by atoms with Crippen LogP contribution in [0.15, 0.2) is 47.4 Å². The summed E-state index contributed by atoms with van der Waals surface area (Å²) < 4.78 is 1.38. The molecule has 0 aliphatic heterocycles. The van der Waals surface area contributed by atoms with Gasteiger partial charge in [0.25, 0.3) is 5.56 Å². The molecule has 0 fully saturated rings. The molecule has 2 rings (SSSR count). The number of pyridine rings is 1. The van der Waals surface area contributed by atoms with Crippen molar-refractivity contribution in [1.82, 2.24) is 4.57 Å². The van der Waals surface area contributed by atoms with Gasteiger partial charge in [0.1, 0.15) is 0 Å². The summed E-state index contributed by atoms with van der Waals surface area (Å²) >= 11 is 0. The fraction of sp³-hybridized carbons (Fsp3) is 0.133. The minimum absolute atomic E-state index is 0.114. The van der Waals surface area contributed by atoms with Crippen LogP contribution in [0.4, 0.5) is 5.69 Å². The number of rotatable bonds is 3. The maximum atomic E-state index is 11.9. The summed E-state index contributed by atoms with van der Waals surface area (Å²) in [5.74, 6) is -0.302. The number of carbonyl (C=O) groups is 2. The van der Waals surface area contributed by atoms with Crippen LogP contribution >= 0.6 is 0 Å². The number of Topliss-reactive ketones (excluding diaryl/α,β-unsaturated/α-hetero) is 1. The second kappa shape index (κ2) is 5.52. The van der Waals surface area contributed by atoms with Gasteiger partial charge in [0.15, 0.2) is 5.78 Å². The van der Waals surface area contributed by atoms with Crippen molar-refractivity contribution in [3.8, 4) is 5.69 Å². The maximum Gasteiger partial charge on any atom is 0.255 e. The first kappa shape index (κ1) is 13.7. The van der Waals surface area contributed by atoms with E-state index in [4.69, 9.17) is 0 Å². The molecule has 5 heteroatoms. The molecule has 1 aromatic carbocycles. The van der Waals surface area contributed by atoms with Crippen LogP contribution in [0.25, 0.3) is 5.69 Å². The van der Waals surface area contributed by atoms with Crippen molar-refractivity contribution in [1.29, 1.82) is 0 Å². The van der Waals surface area contributed by atoms with Crippen LogP contribution < -0.4 is 10.9 Å². The van der Waals surface area contributed by atoms with Crippen molar-refractivity contribution in [3.05, 3.63) is 58.5 Å². The van der Waals surface area contributed by atoms with Gasteiger partial charge in [0.05, 0.1) is 5.69 Å². The second-order valence-corrected chi connectivity index (χ2v) is 4.41. The van der Waals surface area contributed by atoms with E-state index >= 15 is 0 Å². The highest BCUT2D eigenvalue weighted by Crippen LogP contribution is 2.14. The van der Waals surface area contributed by atoms with Crippen LogP contribution in [0, 0.1) is 0 Å². The molecule has 0 radical (unpaired) electrons. The third-order valence-corrected chi connectivity index (χ3v) is 2.76. The standard InChI is InChI=1S/C15H14N2O3/c1-10(18)12-6-7-15(20)17(9-12)14-5-3-4-13(8-14)16-11(2)19/h3-9H,1-2H3,(H,16,19). The van der Waals surface area contributed by atoms with Crippen LogP contribution in [-0.4, -0.2) is 16.3 Å². The maximum absolute atomic E-state index is 11.9. The predicted molar refractivity (Wildman–Crippen MR) is 76.3 cm³/mol. The Hall–Kier alpha value is -2.69. The molecule has 0 spiro atoms. The Morgan fingerprint density at radius 1 is 1.10 bits per heavy atom. The Labute approximate surface area is 115 Å². The Morgan fingerprint density at radius 2 is 1.85 bits per heavy atom. The van der Waals surface area contributed by atoms with Gasteiger partial charge in [-0.15, -0.1) is 0 Å². The molecule has 102 valence electrons. The lowest BCUT2D eigenvalue weighted by molar-refractivity contribution is -0.114. The van der Waals surface area contributed by atoms with Crippen LogP contribution in [-0.2, 0) is 4.79 Å². The molecular formula is C15H14N2O3. The zero-order valence-electron chi connectivity index (χ0n) is 11.2. The van der Waals surface area contributed by atoms with E-state index in [9.17, 15) is 14.4 Å². The number of hydrogen-bond donors (Lipinski definition) is 1. The minimum atomic E-state index is -0.241. The first-order valence-corrected chi connectivity index (χ1v) is 6.09. The number of hydrogen-bond acceptors (Lipinski definition) is 3. The summed E-state index contributed by atoms with van der Waals surface area (Å²) in [6, 6.07) is 9.71. The molecule has 1 aromatic heterocycles. The van der Waals surface area contributed by atoms with Crippen LogP contribution in [0.5, 0.6) is 0 Å². The fourth-order valence-corrected chi connectivity index (χ4v) is 1.83. The van der Waals surface area contributed by atoms with Gasteiger partial charge in [-0.25, -0.2) is 0 Å². The summed E-state index contributed by atoms with van der Waals surface area (Å²) in [5, 5.41) is 2.65. The summed E-state index contributed by atoms with van der Waals surface area (Å²) in [5.41, 5.74) is 1.39. The van der Waals surface area contributed by atoms with Gasteiger partial charge >= 0.3 is 0 Å². The number of nitrogens with zero attached hydrogens (tertiary/aromatic N) is 1. The number of benzene rings is 1. The first-order chi connectivity index (χ1) is 9.47. The number of anilines is 1.